The summed E-state index contributed by atoms with van der Waals surface area (Å²) < 4.78 is 115. The minimum absolute atomic E-state index is 0.0200. The lowest BCUT2D eigenvalue weighted by molar-refractivity contribution is -0.301. The van der Waals surface area contributed by atoms with Gasteiger partial charge in [-0.1, -0.05) is 93.4 Å². The van der Waals surface area contributed by atoms with Gasteiger partial charge in [0, 0.05) is 41.7 Å². The third kappa shape index (κ3) is 23.7. The van der Waals surface area contributed by atoms with Crippen molar-refractivity contribution in [2.75, 3.05) is 108 Å². The van der Waals surface area contributed by atoms with Crippen molar-refractivity contribution in [3.05, 3.63) is 53.1 Å². The Bertz CT molecular complexity index is 2270. The molecule has 1 saturated heterocycles. The van der Waals surface area contributed by atoms with Crippen molar-refractivity contribution in [3.8, 4) is 51.7 Å². The number of rotatable bonds is 47. The predicted octanol–water partition coefficient (Wildman–Crippen LogP) is 11.8. The molecule has 0 N–H and O–H groups in total. The van der Waals surface area contributed by atoms with E-state index in [0.717, 1.165) is 77.0 Å². The first kappa shape index (κ1) is 71.5. The van der Waals surface area contributed by atoms with Gasteiger partial charge in [0.05, 0.1) is 49.7 Å². The first-order valence-electron chi connectivity index (χ1n) is 30.1. The molecule has 0 bridgehead atoms. The molecule has 22 nitrogen and oxygen atoms in total. The minimum atomic E-state index is -1.56. The second kappa shape index (κ2) is 41.9. The van der Waals surface area contributed by atoms with E-state index in [-0.39, 0.29) is 91.6 Å². The largest absolute Gasteiger partial charge is 0.490 e. The Morgan fingerprint density at radius 2 is 0.671 bits per heavy atom. The lowest BCUT2D eigenvalue weighted by Crippen LogP contribution is -2.62. The second-order valence-electron chi connectivity index (χ2n) is 19.9. The molecule has 0 radical (unpaired) electrons. The van der Waals surface area contributed by atoms with E-state index in [1.54, 1.807) is 12.1 Å². The van der Waals surface area contributed by atoms with Crippen molar-refractivity contribution in [2.45, 2.75) is 169 Å². The van der Waals surface area contributed by atoms with Crippen LogP contribution < -0.4 is 42.6 Å². The monoisotopic (exact) mass is 1200 g/mol. The highest BCUT2D eigenvalue weighted by Crippen LogP contribution is 2.43. The standard InChI is InChI=1S/C63H96O22/c1-12-19-26-71-47-35-46(36-48(72-27-20-13-2)54(47)73-28-21-14-3)62(66)85-63-59(77-32-25-18-7)58(76-31-24-17-6)57(84-61(65)45-37-51(81-42-69-10)56(75-30-23-16-5)52(38-45)82-43-70-11)53(83-63)39-78-60(64)44-33-49(79-40-67-8)55(74-29-22-15-4)50(34-44)80-41-68-9/h33-38,53,57-59,63H,12-32,39-43H2,1-11H3/t53?,57-,58+,59?,63+/m1/s1. The maximum Gasteiger partial charge on any atom is 0.340 e. The average Bonchev–Trinajstić information content (AvgIpc) is 2.36. The molecule has 0 aliphatic carbocycles. The molecule has 3 aromatic carbocycles. The van der Waals surface area contributed by atoms with Gasteiger partial charge in [-0.2, -0.15) is 0 Å². The van der Waals surface area contributed by atoms with Gasteiger partial charge in [0.1, 0.15) is 24.9 Å². The smallest absolute Gasteiger partial charge is 0.340 e. The zero-order chi connectivity index (χ0) is 61.6. The molecule has 480 valence electrons. The highest BCUT2D eigenvalue weighted by atomic mass is 16.7. The zero-order valence-electron chi connectivity index (χ0n) is 52.2. The molecule has 0 aromatic heterocycles. The molecule has 0 amide bonds. The van der Waals surface area contributed by atoms with Crippen molar-refractivity contribution in [1.82, 2.24) is 0 Å². The minimum Gasteiger partial charge on any atom is -0.490 e. The number of hydrogen-bond acceptors (Lipinski definition) is 22. The first-order chi connectivity index (χ1) is 41.5. The van der Waals surface area contributed by atoms with Gasteiger partial charge in [-0.15, -0.1) is 0 Å². The molecule has 2 unspecified atom stereocenters. The van der Waals surface area contributed by atoms with E-state index in [9.17, 15) is 14.4 Å². The molecule has 1 aliphatic heterocycles. The number of ether oxygens (including phenoxy) is 19. The summed E-state index contributed by atoms with van der Waals surface area (Å²) in [5.41, 5.74) is 0.00915. The van der Waals surface area contributed by atoms with Crippen LogP contribution in [0.2, 0.25) is 0 Å². The summed E-state index contributed by atoms with van der Waals surface area (Å²) in [5.74, 6) is -0.677. The molecule has 1 heterocycles. The second-order valence-corrected chi connectivity index (χ2v) is 19.9. The third-order valence-electron chi connectivity index (χ3n) is 12.9. The normalized spacial score (nSPS) is 16.5. The van der Waals surface area contributed by atoms with Gasteiger partial charge in [0.15, 0.2) is 67.8 Å². The Balaban J connectivity index is 1.94. The summed E-state index contributed by atoms with van der Waals surface area (Å²) in [6.07, 6.45) is 3.83. The number of methoxy groups -OCH3 is 4. The lowest BCUT2D eigenvalue weighted by Gasteiger charge is -2.44. The summed E-state index contributed by atoms with van der Waals surface area (Å²) >= 11 is 0. The highest BCUT2D eigenvalue weighted by molar-refractivity contribution is 5.93. The van der Waals surface area contributed by atoms with Crippen LogP contribution in [0.4, 0.5) is 0 Å². The Morgan fingerprint density at radius 1 is 0.365 bits per heavy atom. The molecule has 4 rings (SSSR count). The van der Waals surface area contributed by atoms with Gasteiger partial charge in [0.2, 0.25) is 23.5 Å². The Kier molecular flexibility index (Phi) is 35.3. The molecular weight excluding hydrogens is 1110 g/mol. The van der Waals surface area contributed by atoms with Crippen LogP contribution in [-0.4, -0.2) is 157 Å². The molecule has 1 fully saturated rings. The topological polar surface area (TPSA) is 227 Å². The van der Waals surface area contributed by atoms with Crippen LogP contribution >= 0.6 is 0 Å². The number of carbonyl (C=O) groups excluding carboxylic acids is 3. The molecule has 0 saturated carbocycles. The van der Waals surface area contributed by atoms with E-state index in [2.05, 4.69) is 20.8 Å². The van der Waals surface area contributed by atoms with Gasteiger partial charge >= 0.3 is 17.9 Å². The van der Waals surface area contributed by atoms with Crippen molar-refractivity contribution in [1.29, 1.82) is 0 Å². The van der Waals surface area contributed by atoms with Crippen molar-refractivity contribution in [3.63, 3.8) is 0 Å². The Hall–Kier alpha value is -6.01. The zero-order valence-corrected chi connectivity index (χ0v) is 52.2. The molecule has 5 atom stereocenters. The molecule has 1 aliphatic rings. The Labute approximate surface area is 503 Å². The summed E-state index contributed by atoms with van der Waals surface area (Å²) in [6.45, 7) is 14.9. The molecule has 3 aromatic rings. The van der Waals surface area contributed by atoms with Crippen LogP contribution in [-0.2, 0) is 47.4 Å². The molecular formula is C63H96O22. The number of carbonyl (C=O) groups is 3. The lowest BCUT2D eigenvalue weighted by atomic mass is 9.97. The van der Waals surface area contributed by atoms with Crippen LogP contribution in [0.25, 0.3) is 0 Å². The van der Waals surface area contributed by atoms with Crippen molar-refractivity contribution < 1.29 is 104 Å². The quantitative estimate of drug-likeness (QED) is 0.0222. The summed E-state index contributed by atoms with van der Waals surface area (Å²) in [7, 11) is 5.82. The Morgan fingerprint density at radius 3 is 1.02 bits per heavy atom. The van der Waals surface area contributed by atoms with Crippen LogP contribution in [0.3, 0.4) is 0 Å². The van der Waals surface area contributed by atoms with E-state index < -0.39 is 55.2 Å². The number of benzene rings is 3. The predicted molar refractivity (Wildman–Crippen MR) is 314 cm³/mol. The fourth-order valence-electron chi connectivity index (χ4n) is 8.20. The van der Waals surface area contributed by atoms with E-state index in [4.69, 9.17) is 90.0 Å². The number of esters is 3. The summed E-state index contributed by atoms with van der Waals surface area (Å²) in [5, 5.41) is 0. The van der Waals surface area contributed by atoms with Crippen LogP contribution in [0.15, 0.2) is 36.4 Å². The number of unbranched alkanes of at least 4 members (excludes halogenated alkanes) is 7. The van der Waals surface area contributed by atoms with Crippen molar-refractivity contribution >= 4 is 17.9 Å². The number of hydrogen-bond donors (Lipinski definition) is 0. The molecule has 0 spiro atoms. The maximum absolute atomic E-state index is 15.0. The third-order valence-corrected chi connectivity index (χ3v) is 12.9. The first-order valence-corrected chi connectivity index (χ1v) is 30.1. The SMILES string of the molecule is CCCCOc1cc(C(=O)O[C@@H]2OC(COC(=O)c3cc(OCOC)c(OCCCC)c(OCOC)c3)[C@@H](OC(=O)c3cc(OCOC)c(OCCCC)c(OCOC)c3)[C@H](OCCCC)C2OCCCC)cc(OCCCC)c1OCCCC. The van der Waals surface area contributed by atoms with E-state index in [0.29, 0.717) is 63.1 Å². The highest BCUT2D eigenvalue weighted by Gasteiger charge is 2.52. The molecule has 85 heavy (non-hydrogen) atoms. The van der Waals surface area contributed by atoms with Crippen LogP contribution in [0, 0.1) is 0 Å². The van der Waals surface area contributed by atoms with Crippen LogP contribution in [0.1, 0.15) is 169 Å². The van der Waals surface area contributed by atoms with E-state index in [1.165, 1.54) is 52.7 Å². The van der Waals surface area contributed by atoms with Crippen LogP contribution in [0.5, 0.6) is 51.7 Å². The van der Waals surface area contributed by atoms with Gasteiger partial charge in [0.25, 0.3) is 0 Å². The van der Waals surface area contributed by atoms with Crippen molar-refractivity contribution in [2.24, 2.45) is 0 Å². The van der Waals surface area contributed by atoms with Gasteiger partial charge in [-0.25, -0.2) is 14.4 Å². The van der Waals surface area contributed by atoms with E-state index >= 15 is 0 Å². The van der Waals surface area contributed by atoms with E-state index in [1.807, 2.05) is 27.7 Å². The molecule has 22 heteroatoms. The summed E-state index contributed by atoms with van der Waals surface area (Å²) in [6, 6.07) is 8.87. The van der Waals surface area contributed by atoms with Gasteiger partial charge in [-0.05, 0) is 81.3 Å². The van der Waals surface area contributed by atoms with Gasteiger partial charge < -0.3 is 90.0 Å². The van der Waals surface area contributed by atoms with Gasteiger partial charge in [-0.3, -0.25) is 0 Å². The fraction of sp³-hybridized carbons (Fsp3) is 0.667. The fourth-order valence-corrected chi connectivity index (χ4v) is 8.20. The average molecular weight is 1210 g/mol. The summed E-state index contributed by atoms with van der Waals surface area (Å²) in [4.78, 5) is 44.4. The maximum atomic E-state index is 15.0.